The zero-order valence-corrected chi connectivity index (χ0v) is 12.1. The van der Waals surface area contributed by atoms with Crippen molar-refractivity contribution in [2.75, 3.05) is 36.5 Å². The summed E-state index contributed by atoms with van der Waals surface area (Å²) in [6, 6.07) is 0.652. The molecule has 7 nitrogen and oxygen atoms in total. The van der Waals surface area contributed by atoms with Gasteiger partial charge in [0.1, 0.15) is 0 Å². The van der Waals surface area contributed by atoms with Gasteiger partial charge in [-0.1, -0.05) is 0 Å². The third-order valence-electron chi connectivity index (χ3n) is 4.62. The highest BCUT2D eigenvalue weighted by molar-refractivity contribution is 5.67. The van der Waals surface area contributed by atoms with Gasteiger partial charge in [-0.2, -0.15) is 0 Å². The molecule has 1 atom stereocenters. The molecule has 2 fully saturated rings. The lowest BCUT2D eigenvalue weighted by atomic mass is 10.2. The number of imidazole rings is 1. The second-order valence-corrected chi connectivity index (χ2v) is 5.88. The average Bonchev–Trinajstić information content (AvgIpc) is 3.24. The minimum absolute atomic E-state index is 0.652. The third kappa shape index (κ3) is 2.22. The van der Waals surface area contributed by atoms with E-state index in [0.29, 0.717) is 11.9 Å². The summed E-state index contributed by atoms with van der Waals surface area (Å²) >= 11 is 0. The predicted octanol–water partition coefficient (Wildman–Crippen LogP) is 0.689. The van der Waals surface area contributed by atoms with Crippen LogP contribution in [0.4, 0.5) is 11.6 Å². The number of nitrogens with one attached hydrogen (secondary N) is 1. The van der Waals surface area contributed by atoms with E-state index in [-0.39, 0.29) is 0 Å². The third-order valence-corrected chi connectivity index (χ3v) is 4.62. The van der Waals surface area contributed by atoms with E-state index in [0.717, 1.165) is 24.6 Å². The molecular weight excluding hydrogens is 266 g/mol. The average molecular weight is 287 g/mol. The molecule has 4 rings (SSSR count). The van der Waals surface area contributed by atoms with Crippen molar-refractivity contribution in [3.05, 3.63) is 18.6 Å². The maximum atomic E-state index is 5.53. The Morgan fingerprint density at radius 2 is 2.10 bits per heavy atom. The van der Waals surface area contributed by atoms with Crippen LogP contribution in [-0.4, -0.2) is 51.5 Å². The molecule has 2 aliphatic rings. The summed E-state index contributed by atoms with van der Waals surface area (Å²) in [4.78, 5) is 14.0. The summed E-state index contributed by atoms with van der Waals surface area (Å²) in [7, 11) is 0. The largest absolute Gasteiger partial charge is 0.352 e. The first kappa shape index (κ1) is 12.8. The molecule has 2 aliphatic heterocycles. The standard InChI is InChI=1S/C14H21N7/c15-18-12-10-21-8-4-16-13(21)14(17-12)20-7-3-11(9-20)19-5-1-2-6-19/h4,8,10-11,18H,1-3,5-7,9,15H2. The Kier molecular flexibility index (Phi) is 3.16. The van der Waals surface area contributed by atoms with Gasteiger partial charge in [0.05, 0.1) is 6.20 Å². The molecule has 0 saturated carbocycles. The van der Waals surface area contributed by atoms with Crippen LogP contribution in [0.3, 0.4) is 0 Å². The summed E-state index contributed by atoms with van der Waals surface area (Å²) in [5, 5.41) is 0. The SMILES string of the molecule is NNc1cn2ccnc2c(N2CCC(N3CCCC3)C2)n1. The van der Waals surface area contributed by atoms with E-state index in [1.165, 1.54) is 32.4 Å². The lowest BCUT2D eigenvalue weighted by Gasteiger charge is -2.24. The fourth-order valence-electron chi connectivity index (χ4n) is 3.54. The molecule has 0 radical (unpaired) electrons. The van der Waals surface area contributed by atoms with Crippen LogP contribution in [0.2, 0.25) is 0 Å². The van der Waals surface area contributed by atoms with Crippen molar-refractivity contribution in [3.8, 4) is 0 Å². The molecular formula is C14H21N7. The maximum Gasteiger partial charge on any atom is 0.180 e. The smallest absolute Gasteiger partial charge is 0.180 e. The van der Waals surface area contributed by atoms with Crippen molar-refractivity contribution in [1.29, 1.82) is 0 Å². The molecule has 4 heterocycles. The lowest BCUT2D eigenvalue weighted by molar-refractivity contribution is 0.260. The van der Waals surface area contributed by atoms with Gasteiger partial charge in [0, 0.05) is 31.5 Å². The number of aromatic nitrogens is 3. The number of hydrogen-bond acceptors (Lipinski definition) is 6. The van der Waals surface area contributed by atoms with Crippen molar-refractivity contribution in [3.63, 3.8) is 0 Å². The molecule has 2 aromatic rings. The quantitative estimate of drug-likeness (QED) is 0.639. The van der Waals surface area contributed by atoms with E-state index in [1.54, 1.807) is 6.20 Å². The molecule has 0 aliphatic carbocycles. The van der Waals surface area contributed by atoms with Crippen LogP contribution in [0, 0.1) is 0 Å². The highest BCUT2D eigenvalue weighted by Gasteiger charge is 2.31. The molecule has 2 saturated heterocycles. The Labute approximate surface area is 123 Å². The van der Waals surface area contributed by atoms with Gasteiger partial charge in [0.15, 0.2) is 17.3 Å². The molecule has 1 unspecified atom stereocenters. The molecule has 0 bridgehead atoms. The molecule has 0 amide bonds. The van der Waals surface area contributed by atoms with Crippen molar-refractivity contribution in [2.45, 2.75) is 25.3 Å². The van der Waals surface area contributed by atoms with Gasteiger partial charge in [-0.05, 0) is 32.4 Å². The van der Waals surface area contributed by atoms with Crippen molar-refractivity contribution in [2.24, 2.45) is 5.84 Å². The molecule has 3 N–H and O–H groups in total. The Morgan fingerprint density at radius 3 is 2.90 bits per heavy atom. The number of nitrogens with two attached hydrogens (primary N) is 1. The van der Waals surface area contributed by atoms with Crippen molar-refractivity contribution < 1.29 is 0 Å². The van der Waals surface area contributed by atoms with Gasteiger partial charge < -0.3 is 14.7 Å². The van der Waals surface area contributed by atoms with E-state index in [9.17, 15) is 0 Å². The molecule has 0 aromatic carbocycles. The Morgan fingerprint density at radius 1 is 1.24 bits per heavy atom. The second kappa shape index (κ2) is 5.16. The summed E-state index contributed by atoms with van der Waals surface area (Å²) < 4.78 is 1.97. The minimum atomic E-state index is 0.652. The van der Waals surface area contributed by atoms with Gasteiger partial charge in [0.2, 0.25) is 0 Å². The Hall–Kier alpha value is -1.86. The second-order valence-electron chi connectivity index (χ2n) is 5.88. The normalized spacial score (nSPS) is 23.3. The highest BCUT2D eigenvalue weighted by Crippen LogP contribution is 2.27. The van der Waals surface area contributed by atoms with Crippen LogP contribution in [0.15, 0.2) is 18.6 Å². The number of fused-ring (bicyclic) bond motifs is 1. The molecule has 2 aromatic heterocycles. The highest BCUT2D eigenvalue weighted by atomic mass is 15.3. The van der Waals surface area contributed by atoms with Gasteiger partial charge in [-0.25, -0.2) is 15.8 Å². The summed E-state index contributed by atoms with van der Waals surface area (Å²) in [5.41, 5.74) is 3.54. The number of nitrogen functional groups attached to an aromatic ring is 1. The maximum absolute atomic E-state index is 5.53. The van der Waals surface area contributed by atoms with E-state index in [2.05, 4.69) is 25.2 Å². The summed E-state index contributed by atoms with van der Waals surface area (Å²) in [6.07, 6.45) is 9.47. The number of anilines is 2. The van der Waals surface area contributed by atoms with E-state index >= 15 is 0 Å². The van der Waals surface area contributed by atoms with Gasteiger partial charge in [-0.3, -0.25) is 4.90 Å². The fraction of sp³-hybridized carbons (Fsp3) is 0.571. The van der Waals surface area contributed by atoms with E-state index in [1.807, 2.05) is 16.8 Å². The van der Waals surface area contributed by atoms with Crippen LogP contribution < -0.4 is 16.2 Å². The van der Waals surface area contributed by atoms with Crippen LogP contribution in [0.25, 0.3) is 5.65 Å². The lowest BCUT2D eigenvalue weighted by Crippen LogP contribution is -2.35. The van der Waals surface area contributed by atoms with Crippen molar-refractivity contribution in [1.82, 2.24) is 19.3 Å². The first-order valence-electron chi connectivity index (χ1n) is 7.64. The zero-order valence-electron chi connectivity index (χ0n) is 12.1. The number of hydrazine groups is 1. The van der Waals surface area contributed by atoms with Crippen LogP contribution in [0.5, 0.6) is 0 Å². The number of hydrogen-bond donors (Lipinski definition) is 2. The molecule has 7 heteroatoms. The van der Waals surface area contributed by atoms with Crippen molar-refractivity contribution >= 4 is 17.3 Å². The van der Waals surface area contributed by atoms with E-state index in [4.69, 9.17) is 5.84 Å². The summed E-state index contributed by atoms with van der Waals surface area (Å²) in [6.45, 7) is 4.55. The molecule has 112 valence electrons. The van der Waals surface area contributed by atoms with Gasteiger partial charge in [0.25, 0.3) is 0 Å². The Bertz CT molecular complexity index is 631. The van der Waals surface area contributed by atoms with Crippen LogP contribution in [-0.2, 0) is 0 Å². The van der Waals surface area contributed by atoms with E-state index < -0.39 is 0 Å². The Balaban J connectivity index is 1.62. The van der Waals surface area contributed by atoms with Crippen LogP contribution >= 0.6 is 0 Å². The molecule has 21 heavy (non-hydrogen) atoms. The number of rotatable bonds is 3. The molecule has 0 spiro atoms. The zero-order chi connectivity index (χ0) is 14.2. The van der Waals surface area contributed by atoms with Crippen LogP contribution in [0.1, 0.15) is 19.3 Å². The predicted molar refractivity (Wildman–Crippen MR) is 82.2 cm³/mol. The minimum Gasteiger partial charge on any atom is -0.352 e. The first-order chi connectivity index (χ1) is 10.3. The first-order valence-corrected chi connectivity index (χ1v) is 7.64. The number of nitrogens with zero attached hydrogens (tertiary/aromatic N) is 5. The fourth-order valence-corrected chi connectivity index (χ4v) is 3.54. The monoisotopic (exact) mass is 287 g/mol. The van der Waals surface area contributed by atoms with Gasteiger partial charge in [-0.15, -0.1) is 0 Å². The number of likely N-dealkylation sites (tertiary alicyclic amines) is 1. The van der Waals surface area contributed by atoms with Gasteiger partial charge >= 0.3 is 0 Å². The topological polar surface area (TPSA) is 74.7 Å². The summed E-state index contributed by atoms with van der Waals surface area (Å²) in [5.74, 6) is 7.13.